The molecule has 0 aliphatic heterocycles. The van der Waals surface area contributed by atoms with Crippen molar-refractivity contribution in [1.29, 1.82) is 0 Å². The van der Waals surface area contributed by atoms with E-state index in [0.717, 1.165) is 12.3 Å². The van der Waals surface area contributed by atoms with Crippen LogP contribution < -0.4 is 4.74 Å². The van der Waals surface area contributed by atoms with E-state index in [1.807, 2.05) is 24.3 Å². The van der Waals surface area contributed by atoms with Crippen LogP contribution in [0.5, 0.6) is 5.75 Å². The summed E-state index contributed by atoms with van der Waals surface area (Å²) in [6, 6.07) is 7.93. The van der Waals surface area contributed by atoms with Gasteiger partial charge in [-0.1, -0.05) is 17.7 Å². The van der Waals surface area contributed by atoms with Crippen LogP contribution in [0.2, 0.25) is 0 Å². The molecule has 1 aromatic carbocycles. The summed E-state index contributed by atoms with van der Waals surface area (Å²) >= 11 is 0. The van der Waals surface area contributed by atoms with Gasteiger partial charge in [-0.15, -0.1) is 6.54 Å². The Balaban J connectivity index is 0. The molecule has 1 rings (SSSR count). The first-order valence-corrected chi connectivity index (χ1v) is 3.55. The van der Waals surface area contributed by atoms with Gasteiger partial charge in [0, 0.05) is 32.7 Å². The number of hydrogen-bond donors (Lipinski definition) is 0. The maximum Gasteiger partial charge on any atom is 0.119 e. The molecule has 13 heavy (non-hydrogen) atoms. The summed E-state index contributed by atoms with van der Waals surface area (Å²) in [7, 11) is 3.47. The molecule has 0 spiro atoms. The third-order valence-electron chi connectivity index (χ3n) is 1.47. The van der Waals surface area contributed by atoms with E-state index in [1.165, 1.54) is 5.56 Å². The number of rotatable bonds is 3. The number of ether oxygens (including phenoxy) is 1. The van der Waals surface area contributed by atoms with Crippen molar-refractivity contribution in [1.82, 2.24) is 0 Å². The van der Waals surface area contributed by atoms with E-state index >= 15 is 0 Å². The topological polar surface area (TPSA) is 23.3 Å². The average molecular weight is 254 g/mol. The van der Waals surface area contributed by atoms with Crippen molar-refractivity contribution in [3.8, 4) is 5.75 Å². The molecule has 0 atom stereocenters. The molecule has 1 aromatic rings. The van der Waals surface area contributed by atoms with E-state index in [-0.39, 0.29) is 40.1 Å². The molecular formula is C10H15NOY-2. The van der Waals surface area contributed by atoms with Gasteiger partial charge in [0.05, 0.1) is 7.11 Å². The summed E-state index contributed by atoms with van der Waals surface area (Å²) in [5.74, 6) is 0.895. The Bertz CT molecular complexity index is 228. The fraction of sp³-hybridized carbons (Fsp3) is 0.300. The fourth-order valence-electron chi connectivity index (χ4n) is 0.953. The van der Waals surface area contributed by atoms with Crippen LogP contribution in [-0.2, 0) is 39.3 Å². The van der Waals surface area contributed by atoms with E-state index < -0.39 is 0 Å². The van der Waals surface area contributed by atoms with Crippen LogP contribution in [0.25, 0.3) is 5.32 Å². The van der Waals surface area contributed by atoms with Gasteiger partial charge in [0.25, 0.3) is 0 Å². The van der Waals surface area contributed by atoms with Crippen LogP contribution in [0, 0.1) is 7.43 Å². The number of methoxy groups -OCH3 is 1. The molecule has 0 aliphatic rings. The molecule has 0 saturated carbocycles. The van der Waals surface area contributed by atoms with Crippen molar-refractivity contribution < 1.29 is 37.4 Å². The van der Waals surface area contributed by atoms with Crippen LogP contribution in [0.1, 0.15) is 5.56 Å². The largest absolute Gasteiger partial charge is 0.661 e. The van der Waals surface area contributed by atoms with Crippen molar-refractivity contribution in [3.05, 3.63) is 42.6 Å². The monoisotopic (exact) mass is 254 g/mol. The summed E-state index contributed by atoms with van der Waals surface area (Å²) < 4.78 is 5.06. The Morgan fingerprint density at radius 2 is 2.08 bits per heavy atom. The van der Waals surface area contributed by atoms with Crippen LogP contribution in [-0.4, -0.2) is 14.2 Å². The van der Waals surface area contributed by atoms with Gasteiger partial charge >= 0.3 is 0 Å². The molecule has 0 fully saturated rings. The summed E-state index contributed by atoms with van der Waals surface area (Å²) in [6.07, 6.45) is 0. The maximum absolute atomic E-state index is 5.06. The Hall–Kier alpha value is 0.0839. The molecule has 2 nitrogen and oxygen atoms in total. The molecule has 0 unspecified atom stereocenters. The zero-order chi connectivity index (χ0) is 8.10. The number of benzene rings is 1. The van der Waals surface area contributed by atoms with Gasteiger partial charge < -0.3 is 17.5 Å². The van der Waals surface area contributed by atoms with Crippen LogP contribution in [0.4, 0.5) is 0 Å². The Morgan fingerprint density at radius 1 is 1.38 bits per heavy atom. The first-order valence-electron chi connectivity index (χ1n) is 3.55. The van der Waals surface area contributed by atoms with Gasteiger partial charge in [0.15, 0.2) is 0 Å². The van der Waals surface area contributed by atoms with Crippen LogP contribution in [0.15, 0.2) is 24.3 Å². The SMILES string of the molecule is C[N-]Cc1cccc(OC)c1.[CH3-].[Y]. The Morgan fingerprint density at radius 3 is 2.62 bits per heavy atom. The molecule has 71 valence electrons. The quantitative estimate of drug-likeness (QED) is 0.760. The van der Waals surface area contributed by atoms with E-state index in [2.05, 4.69) is 5.32 Å². The van der Waals surface area contributed by atoms with Crippen molar-refractivity contribution in [3.63, 3.8) is 0 Å². The smallest absolute Gasteiger partial charge is 0.119 e. The van der Waals surface area contributed by atoms with E-state index in [1.54, 1.807) is 14.2 Å². The second kappa shape index (κ2) is 8.67. The van der Waals surface area contributed by atoms with Crippen LogP contribution >= 0.6 is 0 Å². The van der Waals surface area contributed by atoms with Crippen molar-refractivity contribution in [2.24, 2.45) is 0 Å². The first-order chi connectivity index (χ1) is 5.36. The fourth-order valence-corrected chi connectivity index (χ4v) is 0.953. The third-order valence-corrected chi connectivity index (χ3v) is 1.47. The molecule has 0 N–H and O–H groups in total. The zero-order valence-corrected chi connectivity index (χ0v) is 11.3. The standard InChI is InChI=1S/C9H12NO.CH3.Y/c1-10-7-8-4-3-5-9(6-8)11-2;;/h3-6H,7H2,1-2H3;1H3;/q2*-1;. The molecule has 0 aromatic heterocycles. The van der Waals surface area contributed by atoms with Crippen LogP contribution in [0.3, 0.4) is 0 Å². The molecular weight excluding hydrogens is 239 g/mol. The number of nitrogens with zero attached hydrogens (tertiary/aromatic N) is 1. The molecule has 0 heterocycles. The van der Waals surface area contributed by atoms with Gasteiger partial charge in [-0.3, -0.25) is 0 Å². The predicted octanol–water partition coefficient (Wildman–Crippen LogP) is 2.65. The molecule has 0 aliphatic carbocycles. The van der Waals surface area contributed by atoms with Gasteiger partial charge in [-0.05, 0) is 12.1 Å². The second-order valence-corrected chi connectivity index (χ2v) is 2.33. The van der Waals surface area contributed by atoms with Crippen molar-refractivity contribution in [2.75, 3.05) is 14.2 Å². The van der Waals surface area contributed by atoms with Crippen molar-refractivity contribution >= 4 is 0 Å². The summed E-state index contributed by atoms with van der Waals surface area (Å²) in [5, 5.41) is 4.03. The summed E-state index contributed by atoms with van der Waals surface area (Å²) in [6.45, 7) is 0.761. The average Bonchev–Trinajstić information content (AvgIpc) is 2.06. The predicted molar refractivity (Wildman–Crippen MR) is 52.4 cm³/mol. The van der Waals surface area contributed by atoms with E-state index in [0.29, 0.717) is 0 Å². The maximum atomic E-state index is 5.06. The Labute approximate surface area is 106 Å². The normalized spacial score (nSPS) is 8.15. The number of hydrogen-bond acceptors (Lipinski definition) is 1. The van der Waals surface area contributed by atoms with E-state index in [9.17, 15) is 0 Å². The molecule has 0 amide bonds. The van der Waals surface area contributed by atoms with Gasteiger partial charge in [-0.25, -0.2) is 0 Å². The first kappa shape index (κ1) is 15.6. The Kier molecular flexibility index (Phi) is 10.4. The van der Waals surface area contributed by atoms with Gasteiger partial charge in [-0.2, -0.15) is 7.05 Å². The molecule has 3 heteroatoms. The molecule has 0 bridgehead atoms. The summed E-state index contributed by atoms with van der Waals surface area (Å²) in [4.78, 5) is 0. The van der Waals surface area contributed by atoms with Crippen molar-refractivity contribution in [2.45, 2.75) is 6.54 Å². The molecule has 1 radical (unpaired) electrons. The summed E-state index contributed by atoms with van der Waals surface area (Å²) in [5.41, 5.74) is 1.19. The molecule has 0 saturated heterocycles. The van der Waals surface area contributed by atoms with Gasteiger partial charge in [0.2, 0.25) is 0 Å². The third kappa shape index (κ3) is 5.40. The second-order valence-electron chi connectivity index (χ2n) is 2.33. The van der Waals surface area contributed by atoms with Gasteiger partial charge in [0.1, 0.15) is 5.75 Å². The zero-order valence-electron chi connectivity index (χ0n) is 8.45. The minimum atomic E-state index is 0. The minimum absolute atomic E-state index is 0. The minimum Gasteiger partial charge on any atom is -0.661 e. The van der Waals surface area contributed by atoms with E-state index in [4.69, 9.17) is 4.74 Å².